The maximum Gasteiger partial charge on any atom is 0.279 e. The van der Waals surface area contributed by atoms with E-state index >= 15 is 0 Å². The topological polar surface area (TPSA) is 71.6 Å². The van der Waals surface area contributed by atoms with Crippen molar-refractivity contribution >= 4 is 34.8 Å². The second-order valence-corrected chi connectivity index (χ2v) is 6.47. The van der Waals surface area contributed by atoms with Crippen molar-refractivity contribution in [1.82, 2.24) is 16.2 Å². The highest BCUT2D eigenvalue weighted by Crippen LogP contribution is 2.26. The highest BCUT2D eigenvalue weighted by atomic mass is 35.5. The highest BCUT2D eigenvalue weighted by molar-refractivity contribution is 7.80. The first-order valence-corrected chi connectivity index (χ1v) is 8.62. The van der Waals surface area contributed by atoms with Crippen molar-refractivity contribution in [2.75, 3.05) is 13.2 Å². The van der Waals surface area contributed by atoms with Gasteiger partial charge in [0.1, 0.15) is 5.75 Å². The van der Waals surface area contributed by atoms with Crippen molar-refractivity contribution in [2.24, 2.45) is 0 Å². The molecule has 2 atom stereocenters. The fraction of sp³-hybridized carbons (Fsp3) is 0.500. The Morgan fingerprint density at radius 1 is 1.50 bits per heavy atom. The highest BCUT2D eigenvalue weighted by Gasteiger charge is 2.17. The zero-order chi connectivity index (χ0) is 17.5. The summed E-state index contributed by atoms with van der Waals surface area (Å²) in [5.74, 6) is 0.118. The average molecular weight is 372 g/mol. The molecule has 0 radical (unpaired) electrons. The van der Waals surface area contributed by atoms with E-state index in [1.54, 1.807) is 19.1 Å². The Morgan fingerprint density at radius 3 is 3.00 bits per heavy atom. The van der Waals surface area contributed by atoms with E-state index in [0.29, 0.717) is 22.4 Å². The van der Waals surface area contributed by atoms with Crippen LogP contribution in [0.3, 0.4) is 0 Å². The van der Waals surface area contributed by atoms with Crippen LogP contribution in [-0.4, -0.2) is 36.4 Å². The summed E-state index contributed by atoms with van der Waals surface area (Å²) < 4.78 is 11.1. The van der Waals surface area contributed by atoms with E-state index < -0.39 is 6.10 Å². The molecule has 0 aliphatic carbocycles. The van der Waals surface area contributed by atoms with Gasteiger partial charge in [-0.15, -0.1) is 0 Å². The smallest absolute Gasteiger partial charge is 0.279 e. The number of rotatable bonds is 5. The molecule has 1 aliphatic rings. The summed E-state index contributed by atoms with van der Waals surface area (Å²) >= 11 is 11.2. The van der Waals surface area contributed by atoms with Gasteiger partial charge in [-0.2, -0.15) is 0 Å². The minimum atomic E-state index is -0.724. The third kappa shape index (κ3) is 5.81. The first-order valence-electron chi connectivity index (χ1n) is 7.84. The van der Waals surface area contributed by atoms with Crippen LogP contribution in [0.5, 0.6) is 5.75 Å². The van der Waals surface area contributed by atoms with E-state index in [1.165, 1.54) is 0 Å². The summed E-state index contributed by atoms with van der Waals surface area (Å²) in [6.45, 7) is 4.97. The van der Waals surface area contributed by atoms with Crippen LogP contribution in [-0.2, 0) is 9.53 Å². The standard InChI is InChI=1S/C16H22ClN3O3S/c1-10-5-6-13(17)14(8-10)23-11(2)15(21)19-20-16(24)18-9-12-4-3-7-22-12/h5-6,8,11-12H,3-4,7,9H2,1-2H3,(H,19,21)(H2,18,20,24)/t11-,12-/m0/s1. The molecule has 0 spiro atoms. The Kier molecular flexibility index (Phi) is 7.08. The largest absolute Gasteiger partial charge is 0.479 e. The van der Waals surface area contributed by atoms with Crippen molar-refractivity contribution in [2.45, 2.75) is 38.9 Å². The molecule has 0 bridgehead atoms. The molecule has 1 aromatic carbocycles. The van der Waals surface area contributed by atoms with Gasteiger partial charge < -0.3 is 14.8 Å². The number of aryl methyl sites for hydroxylation is 1. The Morgan fingerprint density at radius 2 is 2.29 bits per heavy atom. The summed E-state index contributed by atoms with van der Waals surface area (Å²) in [6, 6.07) is 5.40. The van der Waals surface area contributed by atoms with Gasteiger partial charge in [0.25, 0.3) is 5.91 Å². The number of carbonyl (C=O) groups is 1. The number of nitrogens with one attached hydrogen (secondary N) is 3. The molecular formula is C16H22ClN3O3S. The van der Waals surface area contributed by atoms with Gasteiger partial charge in [0.05, 0.1) is 11.1 Å². The minimum absolute atomic E-state index is 0.172. The number of benzene rings is 1. The van der Waals surface area contributed by atoms with Crippen molar-refractivity contribution < 1.29 is 14.3 Å². The number of thiocarbonyl (C=S) groups is 1. The van der Waals surface area contributed by atoms with Crippen molar-refractivity contribution in [3.05, 3.63) is 28.8 Å². The molecule has 1 heterocycles. The lowest BCUT2D eigenvalue weighted by atomic mass is 10.2. The molecule has 2 rings (SSSR count). The Hall–Kier alpha value is -1.57. The van der Waals surface area contributed by atoms with Gasteiger partial charge in [-0.25, -0.2) is 0 Å². The van der Waals surface area contributed by atoms with Crippen LogP contribution in [0.15, 0.2) is 18.2 Å². The molecule has 1 aliphatic heterocycles. The van der Waals surface area contributed by atoms with Gasteiger partial charge in [-0.1, -0.05) is 17.7 Å². The summed E-state index contributed by atoms with van der Waals surface area (Å²) in [5.41, 5.74) is 6.16. The van der Waals surface area contributed by atoms with E-state index in [2.05, 4.69) is 16.2 Å². The van der Waals surface area contributed by atoms with Gasteiger partial charge in [0.15, 0.2) is 11.2 Å². The van der Waals surface area contributed by atoms with E-state index in [4.69, 9.17) is 33.3 Å². The molecule has 0 aromatic heterocycles. The maximum atomic E-state index is 12.1. The lowest BCUT2D eigenvalue weighted by molar-refractivity contribution is -0.127. The molecule has 0 saturated carbocycles. The maximum absolute atomic E-state index is 12.1. The third-order valence-corrected chi connectivity index (χ3v) is 4.13. The van der Waals surface area contributed by atoms with Crippen LogP contribution < -0.4 is 20.9 Å². The first-order chi connectivity index (χ1) is 11.5. The Labute approximate surface area is 152 Å². The van der Waals surface area contributed by atoms with Crippen molar-refractivity contribution in [3.63, 3.8) is 0 Å². The number of carbonyl (C=O) groups excluding carboxylic acids is 1. The van der Waals surface area contributed by atoms with Crippen LogP contribution >= 0.6 is 23.8 Å². The molecule has 1 fully saturated rings. The normalized spacial score (nSPS) is 17.9. The molecule has 1 amide bonds. The summed E-state index contributed by atoms with van der Waals surface area (Å²) in [5, 5.41) is 3.80. The Balaban J connectivity index is 1.72. The zero-order valence-corrected chi connectivity index (χ0v) is 15.3. The van der Waals surface area contributed by atoms with Gasteiger partial charge in [0.2, 0.25) is 0 Å². The van der Waals surface area contributed by atoms with Crippen LogP contribution in [0.25, 0.3) is 0 Å². The minimum Gasteiger partial charge on any atom is -0.479 e. The molecule has 6 nitrogen and oxygen atoms in total. The lowest BCUT2D eigenvalue weighted by Gasteiger charge is -2.18. The fourth-order valence-electron chi connectivity index (χ4n) is 2.22. The number of amides is 1. The Bertz CT molecular complexity index is 594. The van der Waals surface area contributed by atoms with E-state index in [0.717, 1.165) is 25.0 Å². The second-order valence-electron chi connectivity index (χ2n) is 5.65. The average Bonchev–Trinajstić information content (AvgIpc) is 3.07. The molecule has 24 heavy (non-hydrogen) atoms. The number of halogens is 1. The van der Waals surface area contributed by atoms with Gasteiger partial charge in [0, 0.05) is 13.2 Å². The van der Waals surface area contributed by atoms with Gasteiger partial charge in [-0.05, 0) is 56.6 Å². The van der Waals surface area contributed by atoms with Crippen LogP contribution in [0.1, 0.15) is 25.3 Å². The van der Waals surface area contributed by atoms with E-state index in [1.807, 2.05) is 13.0 Å². The predicted octanol–water partition coefficient (Wildman–Crippen LogP) is 2.09. The zero-order valence-electron chi connectivity index (χ0n) is 13.7. The third-order valence-electron chi connectivity index (χ3n) is 3.57. The van der Waals surface area contributed by atoms with Crippen LogP contribution in [0, 0.1) is 6.92 Å². The lowest BCUT2D eigenvalue weighted by Crippen LogP contribution is -2.51. The summed E-state index contributed by atoms with van der Waals surface area (Å²) in [4.78, 5) is 12.1. The predicted molar refractivity (Wildman–Crippen MR) is 97.1 cm³/mol. The molecule has 3 N–H and O–H groups in total. The molecule has 1 aromatic rings. The van der Waals surface area contributed by atoms with Crippen molar-refractivity contribution in [1.29, 1.82) is 0 Å². The molecule has 0 unspecified atom stereocenters. The van der Waals surface area contributed by atoms with E-state index in [-0.39, 0.29) is 12.0 Å². The first kappa shape index (κ1) is 18.8. The number of hydrogen-bond donors (Lipinski definition) is 3. The van der Waals surface area contributed by atoms with Crippen molar-refractivity contribution in [3.8, 4) is 5.75 Å². The van der Waals surface area contributed by atoms with Crippen LogP contribution in [0.2, 0.25) is 5.02 Å². The molecule has 132 valence electrons. The second kappa shape index (κ2) is 9.05. The monoisotopic (exact) mass is 371 g/mol. The van der Waals surface area contributed by atoms with Crippen LogP contribution in [0.4, 0.5) is 0 Å². The molecule has 8 heteroatoms. The quantitative estimate of drug-likeness (QED) is 0.544. The number of hydrogen-bond acceptors (Lipinski definition) is 4. The molecular weight excluding hydrogens is 350 g/mol. The number of hydrazine groups is 1. The van der Waals surface area contributed by atoms with E-state index in [9.17, 15) is 4.79 Å². The summed E-state index contributed by atoms with van der Waals surface area (Å²) in [6.07, 6.45) is 1.54. The summed E-state index contributed by atoms with van der Waals surface area (Å²) in [7, 11) is 0. The SMILES string of the molecule is Cc1ccc(Cl)c(O[C@@H](C)C(=O)NNC(=S)NC[C@@H]2CCCO2)c1. The molecule has 1 saturated heterocycles. The van der Waals surface area contributed by atoms with Gasteiger partial charge in [-0.3, -0.25) is 15.6 Å². The number of ether oxygens (including phenoxy) is 2. The fourth-order valence-corrected chi connectivity index (χ4v) is 2.52. The van der Waals surface area contributed by atoms with Gasteiger partial charge >= 0.3 is 0 Å².